The lowest BCUT2D eigenvalue weighted by Crippen LogP contribution is -2.48. The van der Waals surface area contributed by atoms with Crippen molar-refractivity contribution in [2.24, 2.45) is 5.73 Å². The van der Waals surface area contributed by atoms with Crippen molar-refractivity contribution in [2.75, 3.05) is 78.7 Å². The Balaban J connectivity index is 0.00000116. The molecule has 3 heterocycles. The number of likely N-dealkylation sites (N-methyl/N-ethyl adjacent to an activating group) is 2. The molecule has 1 amide bonds. The Bertz CT molecular complexity index is 2520. The molecule has 9 N–H and O–H groups in total. The van der Waals surface area contributed by atoms with Crippen molar-refractivity contribution in [3.63, 3.8) is 0 Å². The van der Waals surface area contributed by atoms with Crippen molar-refractivity contribution in [3.05, 3.63) is 58.0 Å². The van der Waals surface area contributed by atoms with E-state index in [1.54, 1.807) is 26.0 Å². The summed E-state index contributed by atoms with van der Waals surface area (Å²) in [5, 5.41) is 48.2. The Hall–Kier alpha value is -6.59. The number of hydrogen-bond donors (Lipinski definition) is 8. The number of carboxylic acid groups (broad SMARTS) is 4. The van der Waals surface area contributed by atoms with Crippen molar-refractivity contribution in [1.82, 2.24) is 38.9 Å². The zero-order valence-electron chi connectivity index (χ0n) is 43.7. The number of nitrogens with zero attached hydrogens (tertiary/aromatic N) is 6. The molecule has 2 aromatic carbocycles. The minimum Gasteiger partial charge on any atom is -0.493 e. The van der Waals surface area contributed by atoms with Crippen LogP contribution in [0.25, 0.3) is 11.4 Å². The molecular weight excluding hydrogens is 1010 g/mol. The number of aromatic nitrogens is 3. The number of aliphatic carboxylic acids is 4. The smallest absolute Gasteiger partial charge is 0.300 e. The third-order valence-electron chi connectivity index (χ3n) is 9.87. The zero-order valence-corrected chi connectivity index (χ0v) is 45.3. The van der Waals surface area contributed by atoms with Gasteiger partial charge in [0.05, 0.1) is 40.2 Å². The Labute approximate surface area is 432 Å². The fourth-order valence-electron chi connectivity index (χ4n) is 6.53. The third-order valence-corrected chi connectivity index (χ3v) is 13.7. The number of nitrogens with one attached hydrogen (secondary N) is 3. The van der Waals surface area contributed by atoms with Crippen LogP contribution in [0.2, 0.25) is 0 Å². The summed E-state index contributed by atoms with van der Waals surface area (Å²) >= 11 is 0. The number of amidine groups is 1. The number of carbonyl (C=O) groups is 5. The van der Waals surface area contributed by atoms with E-state index in [4.69, 9.17) is 60.2 Å². The van der Waals surface area contributed by atoms with Crippen LogP contribution in [0.15, 0.2) is 51.0 Å². The van der Waals surface area contributed by atoms with Gasteiger partial charge in [-0.05, 0) is 76.7 Å². The van der Waals surface area contributed by atoms with E-state index in [0.717, 1.165) is 53.9 Å². The van der Waals surface area contributed by atoms with Crippen LogP contribution < -0.4 is 26.1 Å². The van der Waals surface area contributed by atoms with Crippen LogP contribution in [0.4, 0.5) is 0 Å². The number of aromatic amines is 1. The molecule has 0 spiro atoms. The number of rotatable bonds is 16. The number of benzene rings is 2. The normalized spacial score (nSPS) is 14.3. The molecule has 2 aliphatic rings. The van der Waals surface area contributed by atoms with Crippen LogP contribution in [-0.4, -0.2) is 185 Å². The summed E-state index contributed by atoms with van der Waals surface area (Å²) in [4.78, 5) is 68.0. The molecule has 0 aliphatic carbocycles. The van der Waals surface area contributed by atoms with Crippen molar-refractivity contribution >= 4 is 55.7 Å². The fourth-order valence-corrected chi connectivity index (χ4v) is 9.42. The predicted octanol–water partition coefficient (Wildman–Crippen LogP) is 2.59. The molecule has 0 saturated carbocycles. The Morgan fingerprint density at radius 2 is 1.08 bits per heavy atom. The van der Waals surface area contributed by atoms with Crippen LogP contribution in [-0.2, 0) is 44.0 Å². The summed E-state index contributed by atoms with van der Waals surface area (Å²) < 4.78 is 66.2. The van der Waals surface area contributed by atoms with Gasteiger partial charge in [-0.1, -0.05) is 20.8 Å². The van der Waals surface area contributed by atoms with Crippen LogP contribution in [0.3, 0.4) is 0 Å². The maximum Gasteiger partial charge on any atom is 0.300 e. The highest BCUT2D eigenvalue weighted by Crippen LogP contribution is 2.31. The quantitative estimate of drug-likeness (QED) is 0.0755. The number of nitrogens with two attached hydrogens (primary N) is 1. The van der Waals surface area contributed by atoms with Crippen molar-refractivity contribution in [3.8, 4) is 22.9 Å². The molecule has 2 aliphatic heterocycles. The van der Waals surface area contributed by atoms with Gasteiger partial charge in [-0.2, -0.15) is 8.61 Å². The first kappa shape index (κ1) is 67.4. The summed E-state index contributed by atoms with van der Waals surface area (Å²) in [5.74, 6) is -2.83. The molecular formula is C46H74N10O16S2. The molecule has 2 fully saturated rings. The van der Waals surface area contributed by atoms with E-state index in [9.17, 15) is 26.4 Å². The molecule has 1 aromatic heterocycles. The highest BCUT2D eigenvalue weighted by atomic mass is 32.2. The number of hydrogen-bond acceptors (Lipinski definition) is 17. The van der Waals surface area contributed by atoms with Gasteiger partial charge in [0.1, 0.15) is 17.3 Å². The molecule has 416 valence electrons. The second kappa shape index (κ2) is 34.0. The van der Waals surface area contributed by atoms with Crippen molar-refractivity contribution in [2.45, 2.75) is 97.9 Å². The second-order valence-electron chi connectivity index (χ2n) is 15.8. The largest absolute Gasteiger partial charge is 0.493 e. The lowest BCUT2D eigenvalue weighted by atomic mass is 10.2. The fraction of sp³-hybridized carbons (Fsp3) is 0.543. The summed E-state index contributed by atoms with van der Waals surface area (Å²) in [6.07, 6.45) is 1.04. The highest BCUT2D eigenvalue weighted by Gasteiger charge is 2.31. The summed E-state index contributed by atoms with van der Waals surface area (Å²) in [6.45, 7) is 22.8. The number of amides is 1. The Morgan fingerprint density at radius 3 is 1.45 bits per heavy atom. The topological polar surface area (TPSA) is 387 Å². The van der Waals surface area contributed by atoms with Crippen molar-refractivity contribution < 1.29 is 70.7 Å². The van der Waals surface area contributed by atoms with Gasteiger partial charge in [0.25, 0.3) is 29.4 Å². The van der Waals surface area contributed by atoms with E-state index in [1.807, 2.05) is 13.8 Å². The standard InChI is InChI=1S/C23H34N6O5S.C15H24N4O3S.4C2H4O2/c1-5-8-20(30)24-16(4)21-23(31)25-22(27-26-21)18-15-17(9-10-19(18)34-7-3)35(32,33)29-13-11-28(6-2)12-14-29;1-3-18-7-9-19(10-8-18)23(20,21)12-5-6-14(22-4-2)13(11-12)15(16)17;4*1-2(3)4/h9-10,15-16H,5-8,11-14H2,1-4H3,(H,24,30)(H,25,27,31);5-6,11H,3-4,7-10H2,1-2H3,(H3,16,17);4*1H3,(H,3,4). The van der Waals surface area contributed by atoms with Crippen LogP contribution in [0, 0.1) is 5.41 Å². The number of carboxylic acids is 4. The molecule has 1 unspecified atom stereocenters. The average molecular weight is 1090 g/mol. The molecule has 28 heteroatoms. The lowest BCUT2D eigenvalue weighted by Gasteiger charge is -2.33. The van der Waals surface area contributed by atoms with Crippen LogP contribution in [0.5, 0.6) is 11.5 Å². The molecule has 26 nitrogen and oxygen atoms in total. The zero-order chi connectivity index (χ0) is 56.9. The van der Waals surface area contributed by atoms with Gasteiger partial charge in [-0.25, -0.2) is 16.8 Å². The average Bonchev–Trinajstić information content (AvgIpc) is 3.31. The van der Waals surface area contributed by atoms with Gasteiger partial charge < -0.3 is 55.7 Å². The summed E-state index contributed by atoms with van der Waals surface area (Å²) in [7, 11) is -7.33. The van der Waals surface area contributed by atoms with Gasteiger partial charge in [0.2, 0.25) is 26.0 Å². The van der Waals surface area contributed by atoms with E-state index >= 15 is 0 Å². The Morgan fingerprint density at radius 1 is 0.689 bits per heavy atom. The first-order valence-corrected chi connectivity index (χ1v) is 26.3. The minimum atomic E-state index is -3.74. The maximum atomic E-state index is 13.3. The van der Waals surface area contributed by atoms with Crippen molar-refractivity contribution in [1.29, 1.82) is 5.41 Å². The molecule has 5 rings (SSSR count). The van der Waals surface area contributed by atoms with E-state index in [0.29, 0.717) is 87.9 Å². The molecule has 0 bridgehead atoms. The third kappa shape index (κ3) is 24.4. The van der Waals surface area contributed by atoms with E-state index in [1.165, 1.54) is 32.9 Å². The van der Waals surface area contributed by atoms with E-state index < -0.39 is 55.5 Å². The Kier molecular flexibility index (Phi) is 31.0. The first-order chi connectivity index (χ1) is 34.5. The van der Waals surface area contributed by atoms with E-state index in [2.05, 4.69) is 44.1 Å². The van der Waals surface area contributed by atoms with Gasteiger partial charge in [0.15, 0.2) is 11.5 Å². The maximum absolute atomic E-state index is 13.3. The number of ether oxygens (including phenoxy) is 2. The van der Waals surface area contributed by atoms with Gasteiger partial charge >= 0.3 is 0 Å². The second-order valence-corrected chi connectivity index (χ2v) is 19.7. The molecule has 74 heavy (non-hydrogen) atoms. The van der Waals surface area contributed by atoms with Crippen LogP contribution in [0.1, 0.15) is 99.4 Å². The van der Waals surface area contributed by atoms with Gasteiger partial charge in [-0.3, -0.25) is 34.2 Å². The molecule has 2 saturated heterocycles. The first-order valence-electron chi connectivity index (χ1n) is 23.4. The van der Waals surface area contributed by atoms with Crippen LogP contribution >= 0.6 is 0 Å². The number of piperazine rings is 2. The summed E-state index contributed by atoms with van der Waals surface area (Å²) in [6, 6.07) is 8.40. The number of nitrogen functional groups attached to an aromatic ring is 1. The van der Waals surface area contributed by atoms with Gasteiger partial charge in [0, 0.05) is 86.5 Å². The number of H-pyrrole nitrogens is 1. The minimum absolute atomic E-state index is 0.0636. The number of sulfonamides is 2. The lowest BCUT2D eigenvalue weighted by molar-refractivity contribution is -0.135. The monoisotopic (exact) mass is 1090 g/mol. The predicted molar refractivity (Wildman–Crippen MR) is 274 cm³/mol. The highest BCUT2D eigenvalue weighted by molar-refractivity contribution is 7.89. The van der Waals surface area contributed by atoms with Gasteiger partial charge in [-0.15, -0.1) is 10.2 Å². The SMILES string of the molecule is CC(=O)O.CC(=O)O.CC(=O)O.CC(=O)O.CCCC(=O)NC(C)c1nnc(-c2cc(S(=O)(=O)N3CCN(CC)CC3)ccc2OCC)[nH]c1=O.CCOc1ccc(S(=O)(=O)N2CCN(CC)CC2)cc1C(=N)N. The molecule has 3 aromatic rings. The van der Waals surface area contributed by atoms with E-state index in [-0.39, 0.29) is 33.1 Å². The summed E-state index contributed by atoms with van der Waals surface area (Å²) in [5.41, 5.74) is 5.73. The number of carbonyl (C=O) groups excluding carboxylic acids is 1. The molecule has 0 radical (unpaired) electrons. The molecule has 1 atom stereocenters.